The summed E-state index contributed by atoms with van der Waals surface area (Å²) in [6.45, 7) is 2.88. The van der Waals surface area contributed by atoms with E-state index in [1.165, 1.54) is 6.42 Å². The summed E-state index contributed by atoms with van der Waals surface area (Å²) in [5.74, 6) is 1.31. The van der Waals surface area contributed by atoms with Crippen LogP contribution in [0.3, 0.4) is 0 Å². The number of hydrogen-bond donors (Lipinski definition) is 0. The highest BCUT2D eigenvalue weighted by molar-refractivity contribution is 5.85. The molecule has 2 saturated heterocycles. The lowest BCUT2D eigenvalue weighted by Gasteiger charge is -2.31. The van der Waals surface area contributed by atoms with Gasteiger partial charge >= 0.3 is 0 Å². The number of nitrogens with zero attached hydrogens (tertiary/aromatic N) is 2. The topological polar surface area (TPSA) is 49.9 Å². The predicted molar refractivity (Wildman–Crippen MR) is 99.0 cm³/mol. The second-order valence-corrected chi connectivity index (χ2v) is 7.86. The van der Waals surface area contributed by atoms with Gasteiger partial charge < -0.3 is 14.5 Å². The Labute approximate surface area is 155 Å². The molecule has 3 fully saturated rings. The molecule has 0 aromatic heterocycles. The first-order chi connectivity index (χ1) is 12.7. The number of ether oxygens (including phenoxy) is 1. The summed E-state index contributed by atoms with van der Waals surface area (Å²) in [6.07, 6.45) is 5.38. The number of likely N-dealkylation sites (tertiary alicyclic amines) is 2. The maximum absolute atomic E-state index is 13.3. The number of carbonyl (C=O) groups excluding carboxylic acids is 2. The molecule has 5 heteroatoms. The van der Waals surface area contributed by atoms with Crippen LogP contribution in [0.1, 0.15) is 43.6 Å². The Morgan fingerprint density at radius 3 is 2.38 bits per heavy atom. The zero-order chi connectivity index (χ0) is 18.1. The minimum absolute atomic E-state index is 0.0169. The molecule has 26 heavy (non-hydrogen) atoms. The van der Waals surface area contributed by atoms with Crippen molar-refractivity contribution in [1.29, 1.82) is 0 Å². The van der Waals surface area contributed by atoms with E-state index in [0.29, 0.717) is 13.1 Å². The number of para-hydroxylation sites is 1. The fourth-order valence-electron chi connectivity index (χ4n) is 4.46. The van der Waals surface area contributed by atoms with Gasteiger partial charge in [-0.2, -0.15) is 0 Å². The van der Waals surface area contributed by atoms with E-state index in [9.17, 15) is 9.59 Å². The van der Waals surface area contributed by atoms with Crippen molar-refractivity contribution < 1.29 is 14.3 Å². The largest absolute Gasteiger partial charge is 0.496 e. The third kappa shape index (κ3) is 3.31. The highest BCUT2D eigenvalue weighted by atomic mass is 16.5. The van der Waals surface area contributed by atoms with Crippen molar-refractivity contribution in [3.63, 3.8) is 0 Å². The first-order valence-corrected chi connectivity index (χ1v) is 9.89. The highest BCUT2D eigenvalue weighted by Crippen LogP contribution is 2.41. The number of methoxy groups -OCH3 is 1. The molecule has 0 radical (unpaired) electrons. The van der Waals surface area contributed by atoms with E-state index < -0.39 is 0 Å². The first kappa shape index (κ1) is 17.4. The summed E-state index contributed by atoms with van der Waals surface area (Å²) >= 11 is 0. The van der Waals surface area contributed by atoms with Gasteiger partial charge in [-0.25, -0.2) is 0 Å². The van der Waals surface area contributed by atoms with E-state index in [2.05, 4.69) is 0 Å². The van der Waals surface area contributed by atoms with Crippen molar-refractivity contribution in [3.05, 3.63) is 29.8 Å². The molecular weight excluding hydrogens is 328 g/mol. The van der Waals surface area contributed by atoms with Gasteiger partial charge in [0.25, 0.3) is 0 Å². The average molecular weight is 356 g/mol. The molecule has 0 spiro atoms. The molecule has 2 atom stereocenters. The number of rotatable bonds is 4. The molecule has 2 heterocycles. The highest BCUT2D eigenvalue weighted by Gasteiger charge is 2.45. The Hall–Kier alpha value is -2.04. The minimum Gasteiger partial charge on any atom is -0.496 e. The van der Waals surface area contributed by atoms with Crippen LogP contribution in [-0.2, 0) is 9.59 Å². The lowest BCUT2D eigenvalue weighted by molar-refractivity contribution is -0.137. The molecule has 0 N–H and O–H groups in total. The van der Waals surface area contributed by atoms with Crippen LogP contribution in [0.2, 0.25) is 0 Å². The standard InChI is InChI=1S/C21H28N2O3/c1-26-19-8-4-3-7-16(19)17-13-23(20(24)15-9-10-15)14-18(17)21(25)22-11-5-2-6-12-22/h3-4,7-8,15,17-18H,2,5-6,9-14H2,1H3. The van der Waals surface area contributed by atoms with E-state index in [4.69, 9.17) is 4.74 Å². The zero-order valence-electron chi connectivity index (χ0n) is 15.5. The van der Waals surface area contributed by atoms with Crippen molar-refractivity contribution >= 4 is 11.8 Å². The van der Waals surface area contributed by atoms with Crippen LogP contribution in [0.4, 0.5) is 0 Å². The van der Waals surface area contributed by atoms with Gasteiger partial charge in [-0.15, -0.1) is 0 Å². The second-order valence-electron chi connectivity index (χ2n) is 7.86. The van der Waals surface area contributed by atoms with Crippen molar-refractivity contribution in [2.45, 2.75) is 38.0 Å². The molecule has 4 rings (SSSR count). The number of hydrogen-bond acceptors (Lipinski definition) is 3. The lowest BCUT2D eigenvalue weighted by Crippen LogP contribution is -2.42. The molecule has 1 saturated carbocycles. The molecule has 1 aromatic rings. The molecule has 140 valence electrons. The molecule has 2 aliphatic heterocycles. The predicted octanol–water partition coefficient (Wildman–Crippen LogP) is 2.66. The van der Waals surface area contributed by atoms with Gasteiger partial charge in [0.05, 0.1) is 13.0 Å². The van der Waals surface area contributed by atoms with Gasteiger partial charge in [-0.05, 0) is 43.7 Å². The van der Waals surface area contributed by atoms with Gasteiger partial charge in [-0.1, -0.05) is 18.2 Å². The summed E-state index contributed by atoms with van der Waals surface area (Å²) in [5, 5.41) is 0. The molecule has 5 nitrogen and oxygen atoms in total. The van der Waals surface area contributed by atoms with Crippen LogP contribution in [0.25, 0.3) is 0 Å². The Balaban J connectivity index is 1.61. The Morgan fingerprint density at radius 2 is 1.69 bits per heavy atom. The normalized spacial score (nSPS) is 26.0. The summed E-state index contributed by atoms with van der Waals surface area (Å²) in [4.78, 5) is 29.9. The third-order valence-corrected chi connectivity index (χ3v) is 6.08. The van der Waals surface area contributed by atoms with Crippen LogP contribution in [0.5, 0.6) is 5.75 Å². The summed E-state index contributed by atoms with van der Waals surface area (Å²) < 4.78 is 5.56. The van der Waals surface area contributed by atoms with Crippen LogP contribution >= 0.6 is 0 Å². The molecule has 2 unspecified atom stereocenters. The van der Waals surface area contributed by atoms with Gasteiger partial charge in [0.15, 0.2) is 0 Å². The Bertz CT molecular complexity index is 680. The smallest absolute Gasteiger partial charge is 0.228 e. The lowest BCUT2D eigenvalue weighted by atomic mass is 9.87. The maximum atomic E-state index is 13.3. The van der Waals surface area contributed by atoms with Gasteiger partial charge in [-0.3, -0.25) is 9.59 Å². The van der Waals surface area contributed by atoms with Gasteiger partial charge in [0.1, 0.15) is 5.75 Å². The monoisotopic (exact) mass is 356 g/mol. The molecular formula is C21H28N2O3. The summed E-state index contributed by atoms with van der Waals surface area (Å²) in [5.41, 5.74) is 1.05. The van der Waals surface area contributed by atoms with E-state index >= 15 is 0 Å². The second kappa shape index (κ2) is 7.29. The van der Waals surface area contributed by atoms with E-state index in [1.807, 2.05) is 34.1 Å². The summed E-state index contributed by atoms with van der Waals surface area (Å²) in [6, 6.07) is 7.94. The first-order valence-electron chi connectivity index (χ1n) is 9.89. The third-order valence-electron chi connectivity index (χ3n) is 6.08. The van der Waals surface area contributed by atoms with E-state index in [1.54, 1.807) is 7.11 Å². The van der Waals surface area contributed by atoms with Crippen molar-refractivity contribution in [3.8, 4) is 5.75 Å². The van der Waals surface area contributed by atoms with Crippen LogP contribution < -0.4 is 4.74 Å². The minimum atomic E-state index is -0.160. The molecule has 3 aliphatic rings. The van der Waals surface area contributed by atoms with E-state index in [0.717, 1.165) is 50.1 Å². The molecule has 2 amide bonds. The fourth-order valence-corrected chi connectivity index (χ4v) is 4.46. The summed E-state index contributed by atoms with van der Waals surface area (Å²) in [7, 11) is 1.67. The van der Waals surface area contributed by atoms with Crippen LogP contribution in [0, 0.1) is 11.8 Å². The fraction of sp³-hybridized carbons (Fsp3) is 0.619. The Morgan fingerprint density at radius 1 is 0.962 bits per heavy atom. The molecule has 1 aliphatic carbocycles. The zero-order valence-corrected chi connectivity index (χ0v) is 15.5. The van der Waals surface area contributed by atoms with Crippen molar-refractivity contribution in [2.24, 2.45) is 11.8 Å². The van der Waals surface area contributed by atoms with E-state index in [-0.39, 0.29) is 29.6 Å². The van der Waals surface area contributed by atoms with Crippen LogP contribution in [0.15, 0.2) is 24.3 Å². The van der Waals surface area contributed by atoms with Gasteiger partial charge in [0.2, 0.25) is 11.8 Å². The molecule has 1 aromatic carbocycles. The quantitative estimate of drug-likeness (QED) is 0.833. The van der Waals surface area contributed by atoms with Crippen molar-refractivity contribution in [1.82, 2.24) is 9.80 Å². The average Bonchev–Trinajstić information content (AvgIpc) is 3.46. The number of amides is 2. The number of benzene rings is 1. The molecule has 0 bridgehead atoms. The van der Waals surface area contributed by atoms with Crippen LogP contribution in [-0.4, -0.2) is 54.9 Å². The van der Waals surface area contributed by atoms with Gasteiger partial charge in [0, 0.05) is 38.0 Å². The number of piperidine rings is 1. The Kier molecular flexibility index (Phi) is 4.88. The number of carbonyl (C=O) groups is 2. The SMILES string of the molecule is COc1ccccc1C1CN(C(=O)C2CC2)CC1C(=O)N1CCCCC1. The van der Waals surface area contributed by atoms with Crippen molar-refractivity contribution in [2.75, 3.05) is 33.3 Å². The maximum Gasteiger partial charge on any atom is 0.228 e.